The lowest BCUT2D eigenvalue weighted by molar-refractivity contribution is 0.0785. The van der Waals surface area contributed by atoms with Crippen LogP contribution in [0.1, 0.15) is 79.9 Å². The van der Waals surface area contributed by atoms with Crippen molar-refractivity contribution < 1.29 is 9.59 Å². The first-order chi connectivity index (χ1) is 21.2. The summed E-state index contributed by atoms with van der Waals surface area (Å²) >= 11 is 3.38. The van der Waals surface area contributed by atoms with Crippen molar-refractivity contribution in [2.45, 2.75) is 58.9 Å². The molecule has 234 valence electrons. The van der Waals surface area contributed by atoms with Crippen LogP contribution in [0.3, 0.4) is 0 Å². The number of thioether (sulfide) groups is 1. The van der Waals surface area contributed by atoms with E-state index in [9.17, 15) is 9.59 Å². The summed E-state index contributed by atoms with van der Waals surface area (Å²) in [5, 5.41) is 9.33. The number of thiazole rings is 1. The summed E-state index contributed by atoms with van der Waals surface area (Å²) in [7, 11) is 1.75. The molecule has 0 saturated heterocycles. The molecule has 4 aromatic rings. The van der Waals surface area contributed by atoms with E-state index in [1.165, 1.54) is 22.3 Å². The van der Waals surface area contributed by atoms with Crippen LogP contribution in [0.25, 0.3) is 0 Å². The highest BCUT2D eigenvalue weighted by Crippen LogP contribution is 2.21. The Morgan fingerprint density at radius 1 is 0.932 bits per heavy atom. The number of benzene rings is 3. The van der Waals surface area contributed by atoms with E-state index < -0.39 is 0 Å². The second kappa shape index (κ2) is 18.4. The van der Waals surface area contributed by atoms with Gasteiger partial charge in [0, 0.05) is 48.1 Å². The Hall–Kier alpha value is -3.46. The topological polar surface area (TPSA) is 74.3 Å². The standard InChI is InChI=1S/C29H38N4O2S2.C7H8/c1-20(2)26-13-22(12-23(14-26)19-36-5)16-30-10-7-11-31-28(34)24-8-6-9-25(15-24)29(35)33(4)17-27-32-21(3)18-37-27;1-7-5-3-2-4-6-7/h6,8-9,12-15,18,20,30H,7,10-11,16-17,19H2,1-5H3,(H,31,34);2-6H,1H3. The number of carbonyl (C=O) groups excluding carboxylic acids is 2. The van der Waals surface area contributed by atoms with Crippen LogP contribution in [0.2, 0.25) is 0 Å². The van der Waals surface area contributed by atoms with Gasteiger partial charge in [-0.25, -0.2) is 4.98 Å². The second-order valence-electron chi connectivity index (χ2n) is 11.2. The fourth-order valence-corrected chi connectivity index (χ4v) is 5.85. The van der Waals surface area contributed by atoms with Gasteiger partial charge in [-0.1, -0.05) is 74.0 Å². The summed E-state index contributed by atoms with van der Waals surface area (Å²) < 4.78 is 0. The Kier molecular flexibility index (Phi) is 14.6. The normalized spacial score (nSPS) is 10.7. The van der Waals surface area contributed by atoms with Crippen molar-refractivity contribution in [2.24, 2.45) is 0 Å². The van der Waals surface area contributed by atoms with E-state index in [0.717, 1.165) is 36.0 Å². The molecule has 1 aromatic heterocycles. The van der Waals surface area contributed by atoms with Gasteiger partial charge in [0.25, 0.3) is 11.8 Å². The van der Waals surface area contributed by atoms with E-state index in [1.54, 1.807) is 47.5 Å². The number of hydrogen-bond acceptors (Lipinski definition) is 6. The zero-order chi connectivity index (χ0) is 31.9. The van der Waals surface area contributed by atoms with Gasteiger partial charge in [0.05, 0.1) is 6.54 Å². The Balaban J connectivity index is 0.000000662. The zero-order valence-corrected chi connectivity index (χ0v) is 28.5. The van der Waals surface area contributed by atoms with Gasteiger partial charge in [-0.3, -0.25) is 9.59 Å². The number of carbonyl (C=O) groups is 2. The van der Waals surface area contributed by atoms with Crippen molar-refractivity contribution in [1.82, 2.24) is 20.5 Å². The largest absolute Gasteiger partial charge is 0.352 e. The van der Waals surface area contributed by atoms with Gasteiger partial charge in [-0.05, 0) is 73.9 Å². The molecule has 0 atom stereocenters. The van der Waals surface area contributed by atoms with Gasteiger partial charge in [0.1, 0.15) is 5.01 Å². The molecule has 0 radical (unpaired) electrons. The number of aryl methyl sites for hydroxylation is 2. The van der Waals surface area contributed by atoms with Crippen molar-refractivity contribution in [2.75, 3.05) is 26.4 Å². The van der Waals surface area contributed by atoms with E-state index in [-0.39, 0.29) is 11.8 Å². The molecular weight excluding hydrogens is 585 g/mol. The quantitative estimate of drug-likeness (QED) is 0.149. The molecule has 8 heteroatoms. The highest BCUT2D eigenvalue weighted by molar-refractivity contribution is 7.97. The van der Waals surface area contributed by atoms with Gasteiger partial charge in [0.15, 0.2) is 0 Å². The van der Waals surface area contributed by atoms with E-state index in [0.29, 0.717) is 30.1 Å². The average Bonchev–Trinajstić information content (AvgIpc) is 3.43. The minimum Gasteiger partial charge on any atom is -0.352 e. The number of rotatable bonds is 13. The first kappa shape index (κ1) is 35.0. The molecule has 2 amide bonds. The third kappa shape index (κ3) is 11.9. The minimum atomic E-state index is -0.167. The van der Waals surface area contributed by atoms with Crippen LogP contribution in [-0.4, -0.2) is 48.1 Å². The van der Waals surface area contributed by atoms with Crippen LogP contribution >= 0.6 is 23.1 Å². The van der Waals surface area contributed by atoms with Gasteiger partial charge >= 0.3 is 0 Å². The molecule has 4 rings (SSSR count). The molecule has 2 N–H and O–H groups in total. The monoisotopic (exact) mass is 630 g/mol. The molecule has 0 aliphatic rings. The molecular formula is C36H46N4O2S2. The van der Waals surface area contributed by atoms with Crippen LogP contribution in [0.5, 0.6) is 0 Å². The number of nitrogens with one attached hydrogen (secondary N) is 2. The fraction of sp³-hybridized carbons (Fsp3) is 0.361. The molecule has 0 fully saturated rings. The lowest BCUT2D eigenvalue weighted by Gasteiger charge is -2.16. The number of amides is 2. The Bertz CT molecular complexity index is 1470. The Labute approximate surface area is 271 Å². The molecule has 44 heavy (non-hydrogen) atoms. The summed E-state index contributed by atoms with van der Waals surface area (Å²) in [6, 6.07) is 24.0. The lowest BCUT2D eigenvalue weighted by Crippen LogP contribution is -2.28. The third-order valence-corrected chi connectivity index (χ3v) is 8.47. The fourth-order valence-electron chi connectivity index (χ4n) is 4.53. The second-order valence-corrected chi connectivity index (χ2v) is 13.0. The van der Waals surface area contributed by atoms with E-state index >= 15 is 0 Å². The summed E-state index contributed by atoms with van der Waals surface area (Å²) in [4.78, 5) is 31.6. The van der Waals surface area contributed by atoms with Crippen LogP contribution in [-0.2, 0) is 18.8 Å². The average molecular weight is 631 g/mol. The Morgan fingerprint density at radius 3 is 2.30 bits per heavy atom. The van der Waals surface area contributed by atoms with Crippen molar-refractivity contribution in [3.63, 3.8) is 0 Å². The first-order valence-corrected chi connectivity index (χ1v) is 17.3. The number of aromatic nitrogens is 1. The van der Waals surface area contributed by atoms with Crippen LogP contribution in [0.15, 0.2) is 78.2 Å². The highest BCUT2D eigenvalue weighted by Gasteiger charge is 2.15. The smallest absolute Gasteiger partial charge is 0.253 e. The maximum atomic E-state index is 12.9. The molecule has 0 unspecified atom stereocenters. The summed E-state index contributed by atoms with van der Waals surface area (Å²) in [5.41, 5.74) is 7.31. The maximum absolute atomic E-state index is 12.9. The third-order valence-electron chi connectivity index (χ3n) is 6.90. The molecule has 0 spiro atoms. The Morgan fingerprint density at radius 2 is 1.66 bits per heavy atom. The molecule has 0 aliphatic carbocycles. The van der Waals surface area contributed by atoms with Crippen LogP contribution in [0.4, 0.5) is 0 Å². The predicted molar refractivity (Wildman–Crippen MR) is 187 cm³/mol. The van der Waals surface area contributed by atoms with E-state index in [4.69, 9.17) is 0 Å². The highest BCUT2D eigenvalue weighted by atomic mass is 32.2. The summed E-state index contributed by atoms with van der Waals surface area (Å²) in [6.07, 6.45) is 2.95. The maximum Gasteiger partial charge on any atom is 0.253 e. The zero-order valence-electron chi connectivity index (χ0n) is 26.9. The number of nitrogens with zero attached hydrogens (tertiary/aromatic N) is 2. The van der Waals surface area contributed by atoms with E-state index in [2.05, 4.69) is 73.0 Å². The van der Waals surface area contributed by atoms with Crippen molar-refractivity contribution in [3.05, 3.63) is 122 Å². The van der Waals surface area contributed by atoms with Gasteiger partial charge in [-0.15, -0.1) is 11.3 Å². The van der Waals surface area contributed by atoms with E-state index in [1.807, 2.05) is 42.3 Å². The SMILES string of the molecule is CSCc1cc(CNCCCNC(=O)c2cccc(C(=O)N(C)Cc3nc(C)cs3)c2)cc(C(C)C)c1.Cc1ccccc1. The van der Waals surface area contributed by atoms with Crippen LogP contribution < -0.4 is 10.6 Å². The van der Waals surface area contributed by atoms with Crippen LogP contribution in [0, 0.1) is 13.8 Å². The lowest BCUT2D eigenvalue weighted by atomic mass is 9.98. The van der Waals surface area contributed by atoms with Gasteiger partial charge < -0.3 is 15.5 Å². The molecule has 6 nitrogen and oxygen atoms in total. The summed E-state index contributed by atoms with van der Waals surface area (Å²) in [5.74, 6) is 1.23. The van der Waals surface area contributed by atoms with Crippen molar-refractivity contribution >= 4 is 34.9 Å². The van der Waals surface area contributed by atoms with Gasteiger partial charge in [-0.2, -0.15) is 11.8 Å². The number of hydrogen-bond donors (Lipinski definition) is 2. The van der Waals surface area contributed by atoms with Gasteiger partial charge in [0.2, 0.25) is 0 Å². The first-order valence-electron chi connectivity index (χ1n) is 15.0. The van der Waals surface area contributed by atoms with Crippen molar-refractivity contribution in [1.29, 1.82) is 0 Å². The minimum absolute atomic E-state index is 0.131. The molecule has 0 bridgehead atoms. The summed E-state index contributed by atoms with van der Waals surface area (Å²) in [6.45, 7) is 11.1. The predicted octanol–water partition coefficient (Wildman–Crippen LogP) is 7.61. The molecule has 1 heterocycles. The molecule has 0 aliphatic heterocycles. The van der Waals surface area contributed by atoms with Crippen molar-refractivity contribution in [3.8, 4) is 0 Å². The molecule has 0 saturated carbocycles. The molecule has 3 aromatic carbocycles.